The minimum atomic E-state index is -1.26. The Morgan fingerprint density at radius 3 is 1.40 bits per heavy atom. The second-order valence-electron chi connectivity index (χ2n) is 6.88. The van der Waals surface area contributed by atoms with E-state index < -0.39 is 21.0 Å². The Hall–Kier alpha value is -2.30. The van der Waals surface area contributed by atoms with Crippen LogP contribution in [-0.2, 0) is 36.2 Å². The van der Waals surface area contributed by atoms with E-state index in [0.717, 1.165) is 35.1 Å². The molecule has 2 aromatic rings. The van der Waals surface area contributed by atoms with E-state index in [0.29, 0.717) is 19.8 Å². The van der Waals surface area contributed by atoms with Gasteiger partial charge in [0.05, 0.1) is 0 Å². The summed E-state index contributed by atoms with van der Waals surface area (Å²) in [5, 5.41) is 4.59. The summed E-state index contributed by atoms with van der Waals surface area (Å²) in [6.45, 7) is 0. The molecule has 4 rings (SSSR count). The molecule has 0 aromatic heterocycles. The Morgan fingerprint density at radius 1 is 0.714 bits per heavy atom. The van der Waals surface area contributed by atoms with Gasteiger partial charge in [0.2, 0.25) is 0 Å². The number of allylic oxidation sites excluding steroid dienone is 8. The van der Waals surface area contributed by atoms with Gasteiger partial charge in [-0.05, 0) is 81.3 Å². The monoisotopic (exact) mass is 582 g/mol. The van der Waals surface area contributed by atoms with E-state index in [1.54, 1.807) is 58.1 Å². The van der Waals surface area contributed by atoms with Crippen LogP contribution >= 0.6 is 44.2 Å². The van der Waals surface area contributed by atoms with Crippen LogP contribution < -0.4 is 0 Å². The summed E-state index contributed by atoms with van der Waals surface area (Å²) in [4.78, 5) is 44.2. The van der Waals surface area contributed by atoms with Crippen molar-refractivity contribution in [2.45, 2.75) is 22.6 Å². The Balaban J connectivity index is 0.000000240. The van der Waals surface area contributed by atoms with Gasteiger partial charge in [0.1, 0.15) is 10.5 Å². The van der Waals surface area contributed by atoms with Crippen molar-refractivity contribution in [1.29, 1.82) is 0 Å². The van der Waals surface area contributed by atoms with Gasteiger partial charge in [0.15, 0.2) is 0 Å². The standard InChI is InChI=1S/2C13H8ClO2S.Fe/c2*14-11-5-6-13(17(8-15)9-16)12(7-11)10-3-1-2-4-10;/h2*1-3,5-7H,4H2;/q2*-1;+2. The zero-order chi connectivity index (χ0) is 24.5. The van der Waals surface area contributed by atoms with Gasteiger partial charge in [0.25, 0.3) is 0 Å². The van der Waals surface area contributed by atoms with Crippen molar-refractivity contribution in [3.05, 3.63) is 94.0 Å². The smallest absolute Gasteiger partial charge is 0.530 e. The van der Waals surface area contributed by atoms with Crippen LogP contribution in [0, 0.1) is 0 Å². The SMILES string of the molecule is O=C=S([C-]=O)c1ccc(Cl)cc1C1=CC=CC1.O=C=S([C-]=O)c1ccc(Cl)cc1C1=CC=CC1.[Fe+2]. The summed E-state index contributed by atoms with van der Waals surface area (Å²) >= 11 is 11.9. The number of benzene rings is 2. The largest absolute Gasteiger partial charge is 2.00 e. The molecular formula is C26H16Cl2FeO4S2. The van der Waals surface area contributed by atoms with Gasteiger partial charge >= 0.3 is 17.1 Å². The zero-order valence-corrected chi connectivity index (χ0v) is 22.2. The van der Waals surface area contributed by atoms with Gasteiger partial charge in [0, 0.05) is 10.0 Å². The fourth-order valence-corrected chi connectivity index (χ4v) is 5.37. The molecule has 178 valence electrons. The Bertz CT molecular complexity index is 1270. The van der Waals surface area contributed by atoms with Gasteiger partial charge < -0.3 is 9.59 Å². The average molecular weight is 583 g/mol. The van der Waals surface area contributed by atoms with E-state index in [2.05, 4.69) is 0 Å². The molecule has 0 bridgehead atoms. The number of carbonyl (C=O) groups excluding carboxylic acids is 4. The molecule has 0 amide bonds. The van der Waals surface area contributed by atoms with Crippen LogP contribution in [0.2, 0.25) is 10.0 Å². The molecule has 0 saturated carbocycles. The molecule has 2 aliphatic carbocycles. The third-order valence-corrected chi connectivity index (χ3v) is 7.62. The van der Waals surface area contributed by atoms with Crippen LogP contribution in [0.25, 0.3) is 11.1 Å². The molecule has 0 saturated heterocycles. The third kappa shape index (κ3) is 7.34. The maximum atomic E-state index is 10.7. The quantitative estimate of drug-likeness (QED) is 0.211. The summed E-state index contributed by atoms with van der Waals surface area (Å²) in [5.74, 6) is 0. The van der Waals surface area contributed by atoms with E-state index in [1.807, 2.05) is 36.5 Å². The first kappa shape index (κ1) is 28.9. The number of halogens is 2. The molecule has 35 heavy (non-hydrogen) atoms. The summed E-state index contributed by atoms with van der Waals surface area (Å²) in [6, 6.07) is 10.2. The fourth-order valence-electron chi connectivity index (χ4n) is 3.37. The molecule has 4 nitrogen and oxygen atoms in total. The van der Waals surface area contributed by atoms with Gasteiger partial charge in [-0.3, -0.25) is 0 Å². The Kier molecular flexibility index (Phi) is 11.8. The van der Waals surface area contributed by atoms with Crippen LogP contribution in [0.3, 0.4) is 0 Å². The van der Waals surface area contributed by atoms with E-state index >= 15 is 0 Å². The summed E-state index contributed by atoms with van der Waals surface area (Å²) < 4.78 is 0. The second-order valence-corrected chi connectivity index (χ2v) is 10.5. The molecule has 0 aliphatic heterocycles. The third-order valence-electron chi connectivity index (χ3n) is 4.89. The molecule has 2 aromatic carbocycles. The predicted octanol–water partition coefficient (Wildman–Crippen LogP) is 6.89. The van der Waals surface area contributed by atoms with Crippen molar-refractivity contribution in [1.82, 2.24) is 0 Å². The summed E-state index contributed by atoms with van der Waals surface area (Å²) in [6.07, 6.45) is 13.4. The number of rotatable bonds is 6. The minimum absolute atomic E-state index is 0. The molecule has 9 heteroatoms. The maximum Gasteiger partial charge on any atom is 2.00 e. The van der Waals surface area contributed by atoms with Crippen molar-refractivity contribution in [2.75, 3.05) is 0 Å². The first-order valence-corrected chi connectivity index (χ1v) is 13.0. The van der Waals surface area contributed by atoms with Crippen LogP contribution in [0.1, 0.15) is 24.0 Å². The van der Waals surface area contributed by atoms with E-state index in [4.69, 9.17) is 23.2 Å². The molecular weight excluding hydrogens is 567 g/mol. The Labute approximate surface area is 228 Å². The molecule has 2 atom stereocenters. The van der Waals surface area contributed by atoms with Gasteiger partial charge in [-0.1, -0.05) is 59.7 Å². The van der Waals surface area contributed by atoms with Gasteiger partial charge in [-0.25, -0.2) is 9.59 Å². The zero-order valence-electron chi connectivity index (χ0n) is 17.9. The molecule has 0 radical (unpaired) electrons. The van der Waals surface area contributed by atoms with Crippen LogP contribution in [0.5, 0.6) is 0 Å². The van der Waals surface area contributed by atoms with E-state index in [-0.39, 0.29) is 17.1 Å². The first-order valence-electron chi connectivity index (χ1n) is 9.83. The van der Waals surface area contributed by atoms with Crippen molar-refractivity contribution in [2.24, 2.45) is 0 Å². The molecule has 0 heterocycles. The topological polar surface area (TPSA) is 68.3 Å². The number of hydrogen-bond acceptors (Lipinski definition) is 4. The van der Waals surface area contributed by atoms with Crippen molar-refractivity contribution in [3.63, 3.8) is 0 Å². The molecule has 2 aliphatic rings. The average Bonchev–Trinajstić information content (AvgIpc) is 3.57. The van der Waals surface area contributed by atoms with Crippen LogP contribution in [0.4, 0.5) is 0 Å². The summed E-state index contributed by atoms with van der Waals surface area (Å²) in [7, 11) is -2.51. The van der Waals surface area contributed by atoms with E-state index in [1.165, 1.54) is 0 Å². The fraction of sp³-hybridized carbons (Fsp3) is 0.0769. The molecule has 0 spiro atoms. The van der Waals surface area contributed by atoms with Crippen molar-refractivity contribution in [3.8, 4) is 0 Å². The van der Waals surface area contributed by atoms with Crippen molar-refractivity contribution < 1.29 is 36.2 Å². The van der Waals surface area contributed by atoms with Crippen LogP contribution in [0.15, 0.2) is 82.6 Å². The Morgan fingerprint density at radius 2 is 1.11 bits per heavy atom. The normalized spacial score (nSPS) is 14.8. The number of hydrogen-bond donors (Lipinski definition) is 0. The molecule has 0 fully saturated rings. The second kappa shape index (κ2) is 14.3. The molecule has 0 N–H and O–H groups in total. The van der Waals surface area contributed by atoms with Crippen molar-refractivity contribution >= 4 is 77.0 Å². The molecule has 2 unspecified atom stereocenters. The van der Waals surface area contributed by atoms with E-state index in [9.17, 15) is 19.2 Å². The van der Waals surface area contributed by atoms with Crippen LogP contribution in [-0.4, -0.2) is 21.7 Å². The van der Waals surface area contributed by atoms with Gasteiger partial charge in [-0.15, -0.1) is 0 Å². The maximum absolute atomic E-state index is 10.7. The minimum Gasteiger partial charge on any atom is -0.530 e. The first-order chi connectivity index (χ1) is 16.5. The predicted molar refractivity (Wildman–Crippen MR) is 141 cm³/mol. The summed E-state index contributed by atoms with van der Waals surface area (Å²) in [5.41, 5.74) is 7.19. The van der Waals surface area contributed by atoms with Gasteiger partial charge in [-0.2, -0.15) is 32.2 Å².